The van der Waals surface area contributed by atoms with Crippen molar-refractivity contribution in [2.75, 3.05) is 0 Å². The molecule has 0 fully saturated rings. The Bertz CT molecular complexity index is 1490. The Labute approximate surface area is 189 Å². The molecule has 0 saturated heterocycles. The predicted octanol–water partition coefficient (Wildman–Crippen LogP) is 4.59. The Balaban J connectivity index is 1.48. The standard InChI is InChI=1S/C23H20ClN7O/c1-14-7-6-10-20(27-14)31-16(3)15(2)21-22(31)25-13-30-23(21)28-19(29-30)12-32-26-11-17-8-4-5-9-18(17)24/h4-11,13H,12H2,1-3H3/b26-11+. The van der Waals surface area contributed by atoms with Crippen LogP contribution in [0.5, 0.6) is 0 Å². The average Bonchev–Trinajstić information content (AvgIpc) is 3.30. The van der Waals surface area contributed by atoms with Crippen molar-refractivity contribution in [2.45, 2.75) is 27.4 Å². The topological polar surface area (TPSA) is 82.5 Å². The lowest BCUT2D eigenvalue weighted by Crippen LogP contribution is -2.02. The van der Waals surface area contributed by atoms with Crippen LogP contribution in [0.25, 0.3) is 22.5 Å². The Morgan fingerprint density at radius 2 is 1.88 bits per heavy atom. The number of pyridine rings is 1. The van der Waals surface area contributed by atoms with E-state index in [1.54, 1.807) is 23.1 Å². The van der Waals surface area contributed by atoms with Crippen molar-refractivity contribution in [1.82, 2.24) is 29.1 Å². The molecule has 4 aromatic heterocycles. The van der Waals surface area contributed by atoms with Gasteiger partial charge in [0, 0.05) is 22.0 Å². The summed E-state index contributed by atoms with van der Waals surface area (Å²) in [5, 5.41) is 10.0. The van der Waals surface area contributed by atoms with Crippen molar-refractivity contribution in [3.63, 3.8) is 0 Å². The van der Waals surface area contributed by atoms with E-state index >= 15 is 0 Å². The first-order valence-corrected chi connectivity index (χ1v) is 10.5. The van der Waals surface area contributed by atoms with Crippen molar-refractivity contribution in [2.24, 2.45) is 5.16 Å². The molecule has 160 valence electrons. The number of fused-ring (bicyclic) bond motifs is 3. The average molecular weight is 446 g/mol. The zero-order chi connectivity index (χ0) is 22.2. The molecule has 0 spiro atoms. The van der Waals surface area contributed by atoms with Crippen LogP contribution in [0.3, 0.4) is 0 Å². The summed E-state index contributed by atoms with van der Waals surface area (Å²) in [7, 11) is 0. The maximum Gasteiger partial charge on any atom is 0.192 e. The number of halogens is 1. The van der Waals surface area contributed by atoms with E-state index in [1.807, 2.05) is 43.3 Å². The Hall–Kier alpha value is -3.78. The fourth-order valence-electron chi connectivity index (χ4n) is 3.67. The second-order valence-corrected chi connectivity index (χ2v) is 7.86. The van der Waals surface area contributed by atoms with Gasteiger partial charge in [0.2, 0.25) is 0 Å². The largest absolute Gasteiger partial charge is 0.387 e. The number of rotatable bonds is 5. The summed E-state index contributed by atoms with van der Waals surface area (Å²) in [6.45, 7) is 6.22. The monoisotopic (exact) mass is 445 g/mol. The van der Waals surface area contributed by atoms with Crippen LogP contribution < -0.4 is 0 Å². The summed E-state index contributed by atoms with van der Waals surface area (Å²) in [4.78, 5) is 19.4. The van der Waals surface area contributed by atoms with Crippen molar-refractivity contribution in [3.8, 4) is 5.82 Å². The summed E-state index contributed by atoms with van der Waals surface area (Å²) in [6, 6.07) is 13.4. The molecule has 5 rings (SSSR count). The molecule has 4 heterocycles. The van der Waals surface area contributed by atoms with Gasteiger partial charge < -0.3 is 4.84 Å². The highest BCUT2D eigenvalue weighted by molar-refractivity contribution is 6.33. The highest BCUT2D eigenvalue weighted by Crippen LogP contribution is 2.29. The number of aryl methyl sites for hydroxylation is 2. The number of hydrogen-bond acceptors (Lipinski definition) is 6. The number of hydrogen-bond donors (Lipinski definition) is 0. The van der Waals surface area contributed by atoms with Crippen molar-refractivity contribution in [3.05, 3.63) is 82.2 Å². The highest BCUT2D eigenvalue weighted by Gasteiger charge is 2.19. The molecule has 0 aliphatic heterocycles. The van der Waals surface area contributed by atoms with Crippen molar-refractivity contribution >= 4 is 34.5 Å². The summed E-state index contributed by atoms with van der Waals surface area (Å²) >= 11 is 6.12. The van der Waals surface area contributed by atoms with E-state index in [2.05, 4.69) is 43.6 Å². The number of oxime groups is 1. The van der Waals surface area contributed by atoms with Crippen molar-refractivity contribution in [1.29, 1.82) is 0 Å². The number of aromatic nitrogens is 6. The van der Waals surface area contributed by atoms with Crippen LogP contribution in [0.1, 0.15) is 28.3 Å². The molecule has 0 N–H and O–H groups in total. The van der Waals surface area contributed by atoms with Crippen LogP contribution in [0, 0.1) is 20.8 Å². The van der Waals surface area contributed by atoms with Crippen LogP contribution in [-0.2, 0) is 11.4 Å². The minimum absolute atomic E-state index is 0.127. The van der Waals surface area contributed by atoms with Crippen LogP contribution in [0.4, 0.5) is 0 Å². The first-order valence-electron chi connectivity index (χ1n) is 10.1. The summed E-state index contributed by atoms with van der Waals surface area (Å²) < 4.78 is 3.72. The van der Waals surface area contributed by atoms with Gasteiger partial charge in [0.15, 0.2) is 23.7 Å². The molecule has 0 amide bonds. The summed E-state index contributed by atoms with van der Waals surface area (Å²) in [5.41, 5.74) is 5.38. The van der Waals surface area contributed by atoms with Crippen LogP contribution in [0.15, 0.2) is 53.9 Å². The van der Waals surface area contributed by atoms with Gasteiger partial charge in [-0.25, -0.2) is 19.5 Å². The lowest BCUT2D eigenvalue weighted by Gasteiger charge is -2.07. The van der Waals surface area contributed by atoms with E-state index in [0.29, 0.717) is 10.8 Å². The maximum atomic E-state index is 6.12. The van der Waals surface area contributed by atoms with E-state index in [9.17, 15) is 0 Å². The van der Waals surface area contributed by atoms with Crippen LogP contribution in [-0.4, -0.2) is 35.3 Å². The van der Waals surface area contributed by atoms with Gasteiger partial charge >= 0.3 is 0 Å². The number of nitrogens with zero attached hydrogens (tertiary/aromatic N) is 7. The molecule has 0 atom stereocenters. The Morgan fingerprint density at radius 1 is 1.03 bits per heavy atom. The first-order chi connectivity index (χ1) is 15.5. The third kappa shape index (κ3) is 3.48. The van der Waals surface area contributed by atoms with Gasteiger partial charge in [0.05, 0.1) is 11.6 Å². The molecule has 0 saturated carbocycles. The molecule has 0 bridgehead atoms. The van der Waals surface area contributed by atoms with Crippen LogP contribution in [0.2, 0.25) is 5.02 Å². The second-order valence-electron chi connectivity index (χ2n) is 7.45. The third-order valence-corrected chi connectivity index (χ3v) is 5.69. The SMILES string of the molecule is Cc1cccc(-n2c(C)c(C)c3c2ncn2nc(CO/N=C/c4ccccc4Cl)nc32)n1. The van der Waals surface area contributed by atoms with Gasteiger partial charge in [-0.1, -0.05) is 41.0 Å². The Kier molecular flexibility index (Phi) is 5.07. The van der Waals surface area contributed by atoms with Gasteiger partial charge in [-0.15, -0.1) is 5.10 Å². The zero-order valence-electron chi connectivity index (χ0n) is 17.8. The normalized spacial score (nSPS) is 11.8. The van der Waals surface area contributed by atoms with Gasteiger partial charge in [0.1, 0.15) is 12.1 Å². The maximum absolute atomic E-state index is 6.12. The number of benzene rings is 1. The lowest BCUT2D eigenvalue weighted by molar-refractivity contribution is 0.126. The van der Waals surface area contributed by atoms with Gasteiger partial charge in [-0.3, -0.25) is 4.57 Å². The van der Waals surface area contributed by atoms with Gasteiger partial charge in [0.25, 0.3) is 0 Å². The highest BCUT2D eigenvalue weighted by atomic mass is 35.5. The quantitative estimate of drug-likeness (QED) is 0.292. The molecule has 0 unspecified atom stereocenters. The lowest BCUT2D eigenvalue weighted by atomic mass is 10.2. The molecule has 1 aromatic carbocycles. The van der Waals surface area contributed by atoms with E-state index in [-0.39, 0.29) is 6.61 Å². The fraction of sp³-hybridized carbons (Fsp3) is 0.174. The van der Waals surface area contributed by atoms with Crippen LogP contribution >= 0.6 is 11.6 Å². The molecule has 5 aromatic rings. The summed E-state index contributed by atoms with van der Waals surface area (Å²) in [5.74, 6) is 1.34. The van der Waals surface area contributed by atoms with E-state index in [1.165, 1.54) is 0 Å². The first kappa shape index (κ1) is 20.1. The minimum atomic E-state index is 0.127. The molecule has 8 nitrogen and oxygen atoms in total. The molecular weight excluding hydrogens is 426 g/mol. The molecule has 0 aliphatic rings. The van der Waals surface area contributed by atoms with E-state index in [0.717, 1.165) is 45.0 Å². The molecule has 0 radical (unpaired) electrons. The molecule has 32 heavy (non-hydrogen) atoms. The second kappa shape index (κ2) is 8.05. The zero-order valence-corrected chi connectivity index (χ0v) is 18.6. The molecular formula is C23H20ClN7O. The van der Waals surface area contributed by atoms with E-state index in [4.69, 9.17) is 16.4 Å². The smallest absolute Gasteiger partial charge is 0.192 e. The van der Waals surface area contributed by atoms with Gasteiger partial charge in [-0.05, 0) is 44.5 Å². The summed E-state index contributed by atoms with van der Waals surface area (Å²) in [6.07, 6.45) is 3.23. The molecule has 9 heteroatoms. The minimum Gasteiger partial charge on any atom is -0.387 e. The van der Waals surface area contributed by atoms with Gasteiger partial charge in [-0.2, -0.15) is 0 Å². The Morgan fingerprint density at radius 3 is 2.69 bits per heavy atom. The van der Waals surface area contributed by atoms with E-state index < -0.39 is 0 Å². The fourth-order valence-corrected chi connectivity index (χ4v) is 3.85. The van der Waals surface area contributed by atoms with Crippen molar-refractivity contribution < 1.29 is 4.84 Å². The molecule has 0 aliphatic carbocycles. The third-order valence-electron chi connectivity index (χ3n) is 5.34. The predicted molar refractivity (Wildman–Crippen MR) is 123 cm³/mol.